The summed E-state index contributed by atoms with van der Waals surface area (Å²) >= 11 is 0. The van der Waals surface area contributed by atoms with Crippen molar-refractivity contribution < 1.29 is 0 Å². The van der Waals surface area contributed by atoms with Crippen LogP contribution in [-0.2, 0) is 0 Å². The average Bonchev–Trinajstić information content (AvgIpc) is 3.13. The van der Waals surface area contributed by atoms with Crippen molar-refractivity contribution in [2.75, 3.05) is 0 Å². The van der Waals surface area contributed by atoms with E-state index in [4.69, 9.17) is 4.98 Å². The van der Waals surface area contributed by atoms with E-state index in [0.717, 1.165) is 16.8 Å². The Labute approximate surface area is 273 Å². The highest BCUT2D eigenvalue weighted by Gasteiger charge is 2.17. The SMILES string of the molecule is C.c1ccc(-c2cc3c(-c4ccc(-c5ccc6ccc7cccc8ccc5c6c78)cc4)nc4ccccc4c3c3ccccc23)cc1. The topological polar surface area (TPSA) is 12.9 Å². The largest absolute Gasteiger partial charge is 0.247 e. The molecule has 0 radical (unpaired) electrons. The zero-order chi connectivity index (χ0) is 30.2. The lowest BCUT2D eigenvalue weighted by atomic mass is 9.88. The highest BCUT2D eigenvalue weighted by atomic mass is 14.7. The maximum atomic E-state index is 5.32. The van der Waals surface area contributed by atoms with Crippen LogP contribution in [0.3, 0.4) is 0 Å². The predicted molar refractivity (Wildman–Crippen MR) is 203 cm³/mol. The van der Waals surface area contributed by atoms with Gasteiger partial charge in [0.15, 0.2) is 0 Å². The molecule has 1 heteroatoms. The number of para-hydroxylation sites is 1. The normalized spacial score (nSPS) is 11.7. The van der Waals surface area contributed by atoms with Crippen LogP contribution in [0.5, 0.6) is 0 Å². The molecular weight excluding hydrogens is 567 g/mol. The minimum absolute atomic E-state index is 0. The van der Waals surface area contributed by atoms with Gasteiger partial charge in [0.05, 0.1) is 11.2 Å². The molecule has 220 valence electrons. The van der Waals surface area contributed by atoms with Crippen LogP contribution >= 0.6 is 0 Å². The van der Waals surface area contributed by atoms with Gasteiger partial charge in [-0.1, -0.05) is 159 Å². The third kappa shape index (κ3) is 4.07. The molecule has 0 saturated heterocycles. The average molecular weight is 598 g/mol. The quantitative estimate of drug-likeness (QED) is 0.185. The van der Waals surface area contributed by atoms with Crippen molar-refractivity contribution >= 4 is 64.8 Å². The Kier molecular flexibility index (Phi) is 6.10. The van der Waals surface area contributed by atoms with Crippen LogP contribution in [-0.4, -0.2) is 4.98 Å². The van der Waals surface area contributed by atoms with Crippen molar-refractivity contribution in [2.24, 2.45) is 0 Å². The van der Waals surface area contributed by atoms with Crippen molar-refractivity contribution in [3.8, 4) is 33.5 Å². The van der Waals surface area contributed by atoms with Gasteiger partial charge in [0.25, 0.3) is 0 Å². The molecule has 0 bridgehead atoms. The highest BCUT2D eigenvalue weighted by molar-refractivity contribution is 6.26. The van der Waals surface area contributed by atoms with Gasteiger partial charge >= 0.3 is 0 Å². The maximum absolute atomic E-state index is 5.32. The minimum atomic E-state index is 0. The maximum Gasteiger partial charge on any atom is 0.0788 e. The fourth-order valence-corrected chi connectivity index (χ4v) is 7.69. The van der Waals surface area contributed by atoms with Gasteiger partial charge in [0, 0.05) is 21.7 Å². The van der Waals surface area contributed by atoms with Gasteiger partial charge in [-0.25, -0.2) is 4.98 Å². The number of rotatable bonds is 3. The first-order valence-corrected chi connectivity index (χ1v) is 15.9. The Bertz CT molecular complexity index is 2760. The number of hydrogen-bond acceptors (Lipinski definition) is 1. The molecular formula is C46H31N. The molecule has 0 fully saturated rings. The summed E-state index contributed by atoms with van der Waals surface area (Å²) in [5, 5.41) is 14.0. The second kappa shape index (κ2) is 10.5. The smallest absolute Gasteiger partial charge is 0.0788 e. The van der Waals surface area contributed by atoms with Gasteiger partial charge in [-0.2, -0.15) is 0 Å². The van der Waals surface area contributed by atoms with E-state index < -0.39 is 0 Å². The summed E-state index contributed by atoms with van der Waals surface area (Å²) in [6, 6.07) is 59.6. The molecule has 0 unspecified atom stereocenters. The van der Waals surface area contributed by atoms with Crippen molar-refractivity contribution in [1.82, 2.24) is 4.98 Å². The number of pyridine rings is 1. The molecule has 0 N–H and O–H groups in total. The molecule has 0 saturated carbocycles. The molecule has 1 nitrogen and oxygen atoms in total. The van der Waals surface area contributed by atoms with Gasteiger partial charge < -0.3 is 0 Å². The summed E-state index contributed by atoms with van der Waals surface area (Å²) in [6.07, 6.45) is 0. The van der Waals surface area contributed by atoms with E-state index in [0.29, 0.717) is 0 Å². The van der Waals surface area contributed by atoms with Crippen LogP contribution in [0.15, 0.2) is 164 Å². The van der Waals surface area contributed by atoms with E-state index in [2.05, 4.69) is 164 Å². The van der Waals surface area contributed by atoms with Gasteiger partial charge in [0.1, 0.15) is 0 Å². The van der Waals surface area contributed by atoms with E-state index in [9.17, 15) is 0 Å². The van der Waals surface area contributed by atoms with Crippen molar-refractivity contribution in [2.45, 2.75) is 7.43 Å². The summed E-state index contributed by atoms with van der Waals surface area (Å²) < 4.78 is 0. The van der Waals surface area contributed by atoms with Crippen molar-refractivity contribution in [3.63, 3.8) is 0 Å². The zero-order valence-electron chi connectivity index (χ0n) is 25.0. The Morgan fingerprint density at radius 1 is 0.319 bits per heavy atom. The lowest BCUT2D eigenvalue weighted by Crippen LogP contribution is -1.93. The minimum Gasteiger partial charge on any atom is -0.247 e. The van der Waals surface area contributed by atoms with Gasteiger partial charge in [-0.05, 0) is 77.5 Å². The van der Waals surface area contributed by atoms with E-state index in [-0.39, 0.29) is 7.43 Å². The monoisotopic (exact) mass is 597 g/mol. The van der Waals surface area contributed by atoms with Crippen molar-refractivity contribution in [1.29, 1.82) is 0 Å². The summed E-state index contributed by atoms with van der Waals surface area (Å²) in [5.74, 6) is 0. The van der Waals surface area contributed by atoms with Crippen LogP contribution < -0.4 is 0 Å². The Morgan fingerprint density at radius 3 is 1.70 bits per heavy atom. The molecule has 0 atom stereocenters. The third-order valence-corrected chi connectivity index (χ3v) is 9.79. The molecule has 0 spiro atoms. The van der Waals surface area contributed by atoms with Gasteiger partial charge in [0.2, 0.25) is 0 Å². The Balaban J connectivity index is 0.00000302. The number of nitrogens with zero attached hydrogens (tertiary/aromatic N) is 1. The van der Waals surface area contributed by atoms with E-state index in [1.807, 2.05) is 0 Å². The summed E-state index contributed by atoms with van der Waals surface area (Å²) in [7, 11) is 0. The first kappa shape index (κ1) is 27.3. The van der Waals surface area contributed by atoms with Crippen LogP contribution in [0, 0.1) is 0 Å². The summed E-state index contributed by atoms with van der Waals surface area (Å²) in [4.78, 5) is 5.32. The number of fused-ring (bicyclic) bond motifs is 5. The van der Waals surface area contributed by atoms with Crippen LogP contribution in [0.1, 0.15) is 7.43 Å². The Morgan fingerprint density at radius 2 is 0.915 bits per heavy atom. The van der Waals surface area contributed by atoms with Crippen molar-refractivity contribution in [3.05, 3.63) is 164 Å². The molecule has 10 aromatic rings. The molecule has 0 amide bonds. The predicted octanol–water partition coefficient (Wildman–Crippen LogP) is 13.1. The zero-order valence-corrected chi connectivity index (χ0v) is 25.0. The number of benzene rings is 9. The lowest BCUT2D eigenvalue weighted by Gasteiger charge is -2.17. The fourth-order valence-electron chi connectivity index (χ4n) is 7.69. The molecule has 1 aromatic heterocycles. The number of aromatic nitrogens is 1. The first-order valence-electron chi connectivity index (χ1n) is 15.9. The first-order chi connectivity index (χ1) is 22.8. The fraction of sp³-hybridized carbons (Fsp3) is 0.0217. The molecule has 0 aliphatic heterocycles. The molecule has 1 heterocycles. The standard InChI is InChI=1S/C45H27N.CH4/c1-2-9-28(10-3-1)39-27-40-44(36-14-5-4-13-35(36)39)38-15-6-7-16-41(38)46-45(40)33-21-17-29(18-22-33)34-25-23-32-20-19-30-11-8-12-31-24-26-37(34)43(32)42(30)31;/h1-27H;1H4. The van der Waals surface area contributed by atoms with Gasteiger partial charge in [-0.3, -0.25) is 0 Å². The molecule has 9 aromatic carbocycles. The van der Waals surface area contributed by atoms with Crippen LogP contribution in [0.4, 0.5) is 0 Å². The van der Waals surface area contributed by atoms with E-state index in [1.54, 1.807) is 0 Å². The third-order valence-electron chi connectivity index (χ3n) is 9.79. The number of hydrogen-bond donors (Lipinski definition) is 0. The lowest BCUT2D eigenvalue weighted by molar-refractivity contribution is 1.43. The van der Waals surface area contributed by atoms with E-state index >= 15 is 0 Å². The molecule has 10 rings (SSSR count). The molecule has 0 aliphatic carbocycles. The van der Waals surface area contributed by atoms with Gasteiger partial charge in [-0.15, -0.1) is 0 Å². The Hall–Kier alpha value is -6.05. The molecule has 47 heavy (non-hydrogen) atoms. The second-order valence-electron chi connectivity index (χ2n) is 12.3. The van der Waals surface area contributed by atoms with E-state index in [1.165, 1.54) is 81.5 Å². The highest BCUT2D eigenvalue weighted by Crippen LogP contribution is 2.43. The summed E-state index contributed by atoms with van der Waals surface area (Å²) in [6.45, 7) is 0. The summed E-state index contributed by atoms with van der Waals surface area (Å²) in [5.41, 5.74) is 8.05. The second-order valence-corrected chi connectivity index (χ2v) is 12.3. The van der Waals surface area contributed by atoms with Crippen LogP contribution in [0.2, 0.25) is 0 Å². The van der Waals surface area contributed by atoms with Crippen LogP contribution in [0.25, 0.3) is 98.3 Å². The molecule has 0 aliphatic rings.